The zero-order valence-corrected chi connectivity index (χ0v) is 43.5. The van der Waals surface area contributed by atoms with E-state index in [1.54, 1.807) is 166 Å². The summed E-state index contributed by atoms with van der Waals surface area (Å²) < 4.78 is 17.9. The standard InChI is InChI=1S/4C11H18O4.Zr/c4*1-10(2,3)7(12)8(13)15-9(14)11(4,5)6;/h4*1-6H3;. The summed E-state index contributed by atoms with van der Waals surface area (Å²) in [5.41, 5.74) is -6.43. The summed E-state index contributed by atoms with van der Waals surface area (Å²) in [6, 6.07) is 0. The zero-order valence-electron chi connectivity index (χ0n) is 41.0. The van der Waals surface area contributed by atoms with Gasteiger partial charge in [0.05, 0.1) is 21.7 Å². The maximum absolute atomic E-state index is 11.4. The van der Waals surface area contributed by atoms with Gasteiger partial charge < -0.3 is 18.9 Å². The van der Waals surface area contributed by atoms with Crippen LogP contribution in [0.2, 0.25) is 0 Å². The number of carbonyl (C=O) groups is 12. The van der Waals surface area contributed by atoms with Gasteiger partial charge in [0, 0.05) is 47.9 Å². The molecule has 0 saturated heterocycles. The zero-order chi connectivity index (χ0) is 49.8. The van der Waals surface area contributed by atoms with Gasteiger partial charge in [-0.25, -0.2) is 19.2 Å². The van der Waals surface area contributed by atoms with Gasteiger partial charge >= 0.3 is 47.8 Å². The third-order valence-corrected chi connectivity index (χ3v) is 6.66. The maximum atomic E-state index is 11.4. The van der Waals surface area contributed by atoms with E-state index in [0.29, 0.717) is 0 Å². The Morgan fingerprint density at radius 3 is 0.377 bits per heavy atom. The fourth-order valence-corrected chi connectivity index (χ4v) is 2.36. The number of ether oxygens (including phenoxy) is 4. The van der Waals surface area contributed by atoms with E-state index >= 15 is 0 Å². The molecule has 0 aromatic rings. The first-order valence-electron chi connectivity index (χ1n) is 19.1. The molecule has 17 heteroatoms. The number of hydrogen-bond donors (Lipinski definition) is 0. The Morgan fingerprint density at radius 1 is 0.213 bits per heavy atom. The Hall–Kier alpha value is -3.88. The van der Waals surface area contributed by atoms with Gasteiger partial charge in [-0.15, -0.1) is 0 Å². The van der Waals surface area contributed by atoms with Crippen molar-refractivity contribution in [2.45, 2.75) is 166 Å². The van der Waals surface area contributed by atoms with Crippen molar-refractivity contribution >= 4 is 70.9 Å². The monoisotopic (exact) mass is 946 g/mol. The van der Waals surface area contributed by atoms with Crippen molar-refractivity contribution in [3.63, 3.8) is 0 Å². The van der Waals surface area contributed by atoms with Crippen LogP contribution < -0.4 is 0 Å². The molecule has 16 nitrogen and oxygen atoms in total. The van der Waals surface area contributed by atoms with Gasteiger partial charge in [0.2, 0.25) is 23.1 Å². The molecular formula is C44H72O16Zr. The van der Waals surface area contributed by atoms with Gasteiger partial charge in [-0.2, -0.15) is 0 Å². The summed E-state index contributed by atoms with van der Waals surface area (Å²) in [4.78, 5) is 136. The fourth-order valence-electron chi connectivity index (χ4n) is 2.36. The summed E-state index contributed by atoms with van der Waals surface area (Å²) >= 11 is 0. The third-order valence-electron chi connectivity index (χ3n) is 6.66. The van der Waals surface area contributed by atoms with Gasteiger partial charge in [-0.05, 0) is 83.1 Å². The summed E-state index contributed by atoms with van der Waals surface area (Å²) in [5, 5.41) is 0. The van der Waals surface area contributed by atoms with Crippen molar-refractivity contribution in [1.82, 2.24) is 0 Å². The van der Waals surface area contributed by atoms with Crippen LogP contribution in [0.25, 0.3) is 0 Å². The second kappa shape index (κ2) is 24.1. The Morgan fingerprint density at radius 2 is 0.311 bits per heavy atom. The van der Waals surface area contributed by atoms with Gasteiger partial charge in [0.15, 0.2) is 0 Å². The quantitative estimate of drug-likeness (QED) is 0.121. The molecule has 0 radical (unpaired) electrons. The minimum absolute atomic E-state index is 0. The minimum atomic E-state index is -1.08. The molecule has 0 amide bonds. The van der Waals surface area contributed by atoms with E-state index in [1.807, 2.05) is 0 Å². The number of Topliss-reactive ketones (excluding diaryl/α,β-unsaturated/α-hetero) is 4. The maximum Gasteiger partial charge on any atom is 0.382 e. The van der Waals surface area contributed by atoms with Crippen LogP contribution in [0, 0.1) is 43.3 Å². The molecule has 61 heavy (non-hydrogen) atoms. The Kier molecular flexibility index (Phi) is 26.2. The molecule has 348 valence electrons. The molecular weight excluding hydrogens is 876 g/mol. The van der Waals surface area contributed by atoms with Gasteiger partial charge in [0.25, 0.3) is 0 Å². The number of rotatable bonds is 4. The summed E-state index contributed by atoms with van der Waals surface area (Å²) in [6.07, 6.45) is 0. The van der Waals surface area contributed by atoms with Crippen LogP contribution in [0.15, 0.2) is 0 Å². The fraction of sp³-hybridized carbons (Fsp3) is 0.727. The van der Waals surface area contributed by atoms with E-state index in [4.69, 9.17) is 0 Å². The molecule has 0 aliphatic rings. The first-order chi connectivity index (χ1) is 25.8. The van der Waals surface area contributed by atoms with Crippen molar-refractivity contribution in [3.05, 3.63) is 0 Å². The van der Waals surface area contributed by atoms with E-state index in [0.717, 1.165) is 0 Å². The Labute approximate surface area is 381 Å². The van der Waals surface area contributed by atoms with Gasteiger partial charge in [0.1, 0.15) is 0 Å². The molecule has 0 spiro atoms. The SMILES string of the molecule is CC(C)(C)C(=O)OC(=O)C(=O)C(C)(C)C.CC(C)(C)C(=O)OC(=O)C(=O)C(C)(C)C.CC(C)(C)C(=O)OC(=O)C(=O)C(C)(C)C.CC(C)(C)C(=O)OC(=O)C(=O)C(C)(C)C.[Zr]. The number of carbonyl (C=O) groups excluding carboxylic acids is 12. The summed E-state index contributed by atoms with van der Waals surface area (Å²) in [6.45, 7) is 38.5. The molecule has 0 fully saturated rings. The molecule has 0 atom stereocenters. The van der Waals surface area contributed by atoms with E-state index in [1.165, 1.54) is 0 Å². The topological polar surface area (TPSA) is 242 Å². The van der Waals surface area contributed by atoms with Crippen LogP contribution in [0.3, 0.4) is 0 Å². The van der Waals surface area contributed by atoms with Crippen molar-refractivity contribution in [2.75, 3.05) is 0 Å². The molecule has 0 aromatic carbocycles. The molecule has 0 bridgehead atoms. The first-order valence-corrected chi connectivity index (χ1v) is 19.1. The smallest absolute Gasteiger partial charge is 0.382 e. The molecule has 0 saturated carbocycles. The Bertz CT molecular complexity index is 1410. The first kappa shape index (κ1) is 66.2. The van der Waals surface area contributed by atoms with E-state index < -0.39 is 114 Å². The molecule has 0 N–H and O–H groups in total. The average molecular weight is 948 g/mol. The van der Waals surface area contributed by atoms with Crippen LogP contribution in [-0.4, -0.2) is 70.9 Å². The van der Waals surface area contributed by atoms with Crippen molar-refractivity contribution in [2.24, 2.45) is 43.3 Å². The predicted octanol–water partition coefficient (Wildman–Crippen LogP) is 6.87. The van der Waals surface area contributed by atoms with Crippen molar-refractivity contribution in [1.29, 1.82) is 0 Å². The van der Waals surface area contributed by atoms with Crippen LogP contribution in [0.1, 0.15) is 166 Å². The molecule has 0 aliphatic heterocycles. The van der Waals surface area contributed by atoms with Crippen LogP contribution in [-0.2, 0) is 103 Å². The summed E-state index contributed by atoms with van der Waals surface area (Å²) in [7, 11) is 0. The van der Waals surface area contributed by atoms with Crippen LogP contribution in [0.4, 0.5) is 0 Å². The van der Waals surface area contributed by atoms with Gasteiger partial charge in [-0.3, -0.25) is 38.4 Å². The van der Waals surface area contributed by atoms with E-state index in [-0.39, 0.29) is 26.2 Å². The molecule has 0 unspecified atom stereocenters. The molecule has 0 aromatic heterocycles. The van der Waals surface area contributed by atoms with E-state index in [9.17, 15) is 57.5 Å². The normalized spacial score (nSPS) is 11.9. The van der Waals surface area contributed by atoms with Crippen LogP contribution >= 0.6 is 0 Å². The molecule has 0 rings (SSSR count). The average Bonchev–Trinajstić information content (AvgIpc) is 3.00. The largest absolute Gasteiger partial charge is 0.387 e. The van der Waals surface area contributed by atoms with Crippen molar-refractivity contribution in [3.8, 4) is 0 Å². The number of ketones is 4. The second-order valence-electron chi connectivity index (χ2n) is 22.0. The summed E-state index contributed by atoms with van der Waals surface area (Å²) in [5.74, 6) is -9.86. The second-order valence-corrected chi connectivity index (χ2v) is 22.0. The third kappa shape index (κ3) is 28.4. The number of hydrogen-bond acceptors (Lipinski definition) is 16. The number of esters is 8. The Balaban J connectivity index is -0.000000227. The van der Waals surface area contributed by atoms with Crippen LogP contribution in [0.5, 0.6) is 0 Å². The van der Waals surface area contributed by atoms with Crippen molar-refractivity contribution < 1.29 is 103 Å². The van der Waals surface area contributed by atoms with Gasteiger partial charge in [-0.1, -0.05) is 83.1 Å². The molecule has 0 heterocycles. The predicted molar refractivity (Wildman–Crippen MR) is 220 cm³/mol. The van der Waals surface area contributed by atoms with E-state index in [2.05, 4.69) is 18.9 Å². The minimum Gasteiger partial charge on any atom is -0.387 e. The molecule has 0 aliphatic carbocycles.